The van der Waals surface area contributed by atoms with E-state index in [1.54, 1.807) is 0 Å². The van der Waals surface area contributed by atoms with E-state index in [9.17, 15) is 18.0 Å². The fraction of sp³-hybridized carbons (Fsp3) is 0.579. The standard InChI is InChI=1S/C19H26N2O5S/c1-19(10-2-3-11-19)20-17(22)14-8-12-21(13-9-14)27(25,26)16-6-4-15(5-7-16)18(23)24/h4-7,14H,2-3,8-13H2,1H3,(H,20,22)(H,23,24). The van der Waals surface area contributed by atoms with Gasteiger partial charge in [-0.3, -0.25) is 4.79 Å². The Balaban J connectivity index is 1.60. The number of hydrogen-bond donors (Lipinski definition) is 2. The SMILES string of the molecule is CC1(NC(=O)C2CCN(S(=O)(=O)c3ccc(C(=O)O)cc3)CC2)CCCC1. The van der Waals surface area contributed by atoms with E-state index >= 15 is 0 Å². The van der Waals surface area contributed by atoms with Crippen LogP contribution in [0, 0.1) is 5.92 Å². The number of rotatable bonds is 5. The van der Waals surface area contributed by atoms with Crippen LogP contribution in [0.25, 0.3) is 0 Å². The van der Waals surface area contributed by atoms with Crippen molar-refractivity contribution < 1.29 is 23.1 Å². The van der Waals surface area contributed by atoms with Crippen molar-refractivity contribution in [3.63, 3.8) is 0 Å². The summed E-state index contributed by atoms with van der Waals surface area (Å²) in [5, 5.41) is 12.1. The van der Waals surface area contributed by atoms with Gasteiger partial charge in [0.2, 0.25) is 15.9 Å². The molecule has 27 heavy (non-hydrogen) atoms. The molecule has 0 aromatic heterocycles. The third-order valence-corrected chi connectivity index (χ3v) is 7.61. The minimum absolute atomic E-state index is 0.0299. The predicted molar refractivity (Wildman–Crippen MR) is 99.9 cm³/mol. The first kappa shape index (κ1) is 19.8. The van der Waals surface area contributed by atoms with Gasteiger partial charge in [0.25, 0.3) is 0 Å². The number of carbonyl (C=O) groups is 2. The number of benzene rings is 1. The van der Waals surface area contributed by atoms with Crippen molar-refractivity contribution in [1.82, 2.24) is 9.62 Å². The lowest BCUT2D eigenvalue weighted by molar-refractivity contribution is -0.127. The van der Waals surface area contributed by atoms with Crippen molar-refractivity contribution in [1.29, 1.82) is 0 Å². The Morgan fingerprint density at radius 2 is 1.67 bits per heavy atom. The number of nitrogens with one attached hydrogen (secondary N) is 1. The molecule has 0 bridgehead atoms. The zero-order valence-electron chi connectivity index (χ0n) is 15.5. The van der Waals surface area contributed by atoms with Crippen LogP contribution in [0.4, 0.5) is 0 Å². The maximum atomic E-state index is 12.8. The molecule has 1 aliphatic heterocycles. The summed E-state index contributed by atoms with van der Waals surface area (Å²) in [5.74, 6) is -1.23. The minimum Gasteiger partial charge on any atom is -0.478 e. The van der Waals surface area contributed by atoms with Crippen molar-refractivity contribution in [2.45, 2.75) is 55.9 Å². The molecule has 1 saturated heterocycles. The molecule has 0 radical (unpaired) electrons. The average Bonchev–Trinajstić information content (AvgIpc) is 3.08. The number of sulfonamides is 1. The summed E-state index contributed by atoms with van der Waals surface area (Å²) in [6.07, 6.45) is 5.25. The monoisotopic (exact) mass is 394 g/mol. The molecule has 1 aliphatic carbocycles. The Kier molecular flexibility index (Phi) is 5.58. The number of hydrogen-bond acceptors (Lipinski definition) is 4. The second-order valence-corrected chi connectivity index (χ2v) is 9.70. The normalized spacial score (nSPS) is 21.1. The van der Waals surface area contributed by atoms with Crippen LogP contribution in [0.5, 0.6) is 0 Å². The Labute approximate surface area is 159 Å². The van der Waals surface area contributed by atoms with Gasteiger partial charge in [-0.1, -0.05) is 12.8 Å². The maximum absolute atomic E-state index is 12.8. The van der Waals surface area contributed by atoms with Gasteiger partial charge in [0.15, 0.2) is 0 Å². The van der Waals surface area contributed by atoms with Crippen LogP contribution in [0.15, 0.2) is 29.2 Å². The van der Waals surface area contributed by atoms with Gasteiger partial charge in [-0.15, -0.1) is 0 Å². The fourth-order valence-electron chi connectivity index (χ4n) is 3.96. The van der Waals surface area contributed by atoms with Crippen molar-refractivity contribution in [3.05, 3.63) is 29.8 Å². The zero-order valence-corrected chi connectivity index (χ0v) is 16.3. The molecule has 2 N–H and O–H groups in total. The molecule has 1 heterocycles. The lowest BCUT2D eigenvalue weighted by Crippen LogP contribution is -2.49. The summed E-state index contributed by atoms with van der Waals surface area (Å²) >= 11 is 0. The van der Waals surface area contributed by atoms with Gasteiger partial charge in [-0.05, 0) is 56.9 Å². The van der Waals surface area contributed by atoms with E-state index in [2.05, 4.69) is 12.2 Å². The van der Waals surface area contributed by atoms with Crippen LogP contribution in [-0.2, 0) is 14.8 Å². The molecule has 1 amide bonds. The lowest BCUT2D eigenvalue weighted by Gasteiger charge is -2.33. The van der Waals surface area contributed by atoms with Gasteiger partial charge in [0.1, 0.15) is 0 Å². The van der Waals surface area contributed by atoms with Crippen LogP contribution in [0.2, 0.25) is 0 Å². The highest BCUT2D eigenvalue weighted by Crippen LogP contribution is 2.30. The Hall–Kier alpha value is -1.93. The largest absolute Gasteiger partial charge is 0.478 e. The third kappa shape index (κ3) is 4.32. The van der Waals surface area contributed by atoms with Crippen molar-refractivity contribution >= 4 is 21.9 Å². The van der Waals surface area contributed by atoms with Gasteiger partial charge in [-0.25, -0.2) is 13.2 Å². The summed E-state index contributed by atoms with van der Waals surface area (Å²) in [4.78, 5) is 23.5. The van der Waals surface area contributed by atoms with E-state index in [1.165, 1.54) is 28.6 Å². The number of nitrogens with zero attached hydrogens (tertiary/aromatic N) is 1. The second kappa shape index (κ2) is 7.59. The van der Waals surface area contributed by atoms with Crippen LogP contribution in [0.3, 0.4) is 0 Å². The number of carboxylic acids is 1. The first-order valence-electron chi connectivity index (χ1n) is 9.37. The summed E-state index contributed by atoms with van der Waals surface area (Å²) in [6.45, 7) is 2.66. The average molecular weight is 394 g/mol. The molecule has 0 spiro atoms. The maximum Gasteiger partial charge on any atom is 0.335 e. The molecule has 8 heteroatoms. The minimum atomic E-state index is -3.68. The Morgan fingerprint density at radius 3 is 2.19 bits per heavy atom. The van der Waals surface area contributed by atoms with Crippen molar-refractivity contribution in [2.75, 3.05) is 13.1 Å². The van der Waals surface area contributed by atoms with Gasteiger partial charge in [0.05, 0.1) is 10.5 Å². The molecule has 2 aliphatic rings. The topological polar surface area (TPSA) is 104 Å². The van der Waals surface area contributed by atoms with E-state index in [4.69, 9.17) is 5.11 Å². The summed E-state index contributed by atoms with van der Waals surface area (Å²) in [6, 6.07) is 5.21. The predicted octanol–water partition coefficient (Wildman–Crippen LogP) is 2.23. The summed E-state index contributed by atoms with van der Waals surface area (Å²) in [7, 11) is -3.68. The first-order valence-corrected chi connectivity index (χ1v) is 10.8. The highest BCUT2D eigenvalue weighted by atomic mass is 32.2. The Bertz CT molecular complexity index is 805. The van der Waals surface area contributed by atoms with Gasteiger partial charge in [-0.2, -0.15) is 4.31 Å². The van der Waals surface area contributed by atoms with Gasteiger partial charge >= 0.3 is 5.97 Å². The highest BCUT2D eigenvalue weighted by Gasteiger charge is 2.36. The highest BCUT2D eigenvalue weighted by molar-refractivity contribution is 7.89. The second-order valence-electron chi connectivity index (χ2n) is 7.76. The van der Waals surface area contributed by atoms with Crippen molar-refractivity contribution in [2.24, 2.45) is 5.92 Å². The molecule has 148 valence electrons. The number of amides is 1. The van der Waals surface area contributed by atoms with E-state index in [0.717, 1.165) is 25.7 Å². The molecular formula is C19H26N2O5S. The third-order valence-electron chi connectivity index (χ3n) is 5.70. The van der Waals surface area contributed by atoms with Crippen LogP contribution >= 0.6 is 0 Å². The number of carbonyl (C=O) groups excluding carboxylic acids is 1. The molecule has 0 atom stereocenters. The number of piperidine rings is 1. The fourth-order valence-corrected chi connectivity index (χ4v) is 5.43. The molecule has 0 unspecified atom stereocenters. The Morgan fingerprint density at radius 1 is 1.11 bits per heavy atom. The molecule has 1 aromatic rings. The molecule has 2 fully saturated rings. The smallest absolute Gasteiger partial charge is 0.335 e. The van der Waals surface area contributed by atoms with E-state index in [0.29, 0.717) is 12.8 Å². The number of carboxylic acid groups (broad SMARTS) is 1. The first-order chi connectivity index (χ1) is 12.7. The molecular weight excluding hydrogens is 368 g/mol. The molecule has 1 saturated carbocycles. The number of aromatic carboxylic acids is 1. The van der Waals surface area contributed by atoms with E-state index in [1.807, 2.05) is 0 Å². The van der Waals surface area contributed by atoms with Crippen LogP contribution in [0.1, 0.15) is 55.8 Å². The van der Waals surface area contributed by atoms with Gasteiger partial charge in [0, 0.05) is 24.5 Å². The molecule has 7 nitrogen and oxygen atoms in total. The summed E-state index contributed by atoms with van der Waals surface area (Å²) < 4.78 is 26.9. The van der Waals surface area contributed by atoms with E-state index in [-0.39, 0.29) is 40.9 Å². The lowest BCUT2D eigenvalue weighted by atomic mass is 9.94. The van der Waals surface area contributed by atoms with E-state index < -0.39 is 16.0 Å². The van der Waals surface area contributed by atoms with Gasteiger partial charge < -0.3 is 10.4 Å². The quantitative estimate of drug-likeness (QED) is 0.797. The van der Waals surface area contributed by atoms with Crippen molar-refractivity contribution in [3.8, 4) is 0 Å². The zero-order chi connectivity index (χ0) is 19.7. The van der Waals surface area contributed by atoms with Crippen LogP contribution < -0.4 is 5.32 Å². The molecule has 1 aromatic carbocycles. The summed E-state index contributed by atoms with van der Waals surface area (Å²) in [5.41, 5.74) is -0.0728. The van der Waals surface area contributed by atoms with Crippen LogP contribution in [-0.4, -0.2) is 48.3 Å². The molecule has 3 rings (SSSR count).